The number of aromatic nitrogens is 2. The summed E-state index contributed by atoms with van der Waals surface area (Å²) in [7, 11) is 0. The first-order valence-electron chi connectivity index (χ1n) is 8.12. The van der Waals surface area contributed by atoms with Crippen LogP contribution in [0.2, 0.25) is 0 Å². The topological polar surface area (TPSA) is 35.0 Å². The molecule has 3 aromatic rings. The normalized spacial score (nSPS) is 10.7. The van der Waals surface area contributed by atoms with Gasteiger partial charge in [0.05, 0.1) is 0 Å². The number of benzene rings is 2. The van der Waals surface area contributed by atoms with Crippen LogP contribution in [0.1, 0.15) is 23.7 Å². The van der Waals surface area contributed by atoms with Crippen LogP contribution < -0.4 is 4.74 Å². The molecular formula is C20H19FN2OS. The van der Waals surface area contributed by atoms with Gasteiger partial charge in [-0.3, -0.25) is 0 Å². The average Bonchev–Trinajstić information content (AvgIpc) is 2.61. The van der Waals surface area contributed by atoms with Gasteiger partial charge in [-0.2, -0.15) is 4.98 Å². The molecule has 128 valence electrons. The first-order chi connectivity index (χ1) is 12.1. The largest absolute Gasteiger partial charge is 0.439 e. The lowest BCUT2D eigenvalue weighted by molar-refractivity contribution is 0.453. The molecule has 0 N–H and O–H groups in total. The van der Waals surface area contributed by atoms with Crippen molar-refractivity contribution in [2.45, 2.75) is 31.2 Å². The Kier molecular flexibility index (Phi) is 5.66. The van der Waals surface area contributed by atoms with Crippen LogP contribution in [0.3, 0.4) is 0 Å². The molecule has 0 aliphatic heterocycles. The van der Waals surface area contributed by atoms with E-state index in [1.807, 2.05) is 50.2 Å². The molecule has 0 amide bonds. The van der Waals surface area contributed by atoms with E-state index >= 15 is 0 Å². The smallest absolute Gasteiger partial charge is 0.223 e. The lowest BCUT2D eigenvalue weighted by Crippen LogP contribution is -1.98. The third-order valence-corrected chi connectivity index (χ3v) is 4.52. The monoisotopic (exact) mass is 354 g/mol. The Morgan fingerprint density at radius 1 is 1.04 bits per heavy atom. The molecular weight excluding hydrogens is 335 g/mol. The van der Waals surface area contributed by atoms with E-state index in [1.165, 1.54) is 17.8 Å². The van der Waals surface area contributed by atoms with E-state index in [4.69, 9.17) is 4.74 Å². The maximum absolute atomic E-state index is 13.8. The van der Waals surface area contributed by atoms with Gasteiger partial charge < -0.3 is 4.74 Å². The second kappa shape index (κ2) is 8.12. The highest BCUT2D eigenvalue weighted by atomic mass is 32.2. The predicted octanol–water partition coefficient (Wildman–Crippen LogP) is 5.57. The van der Waals surface area contributed by atoms with E-state index in [2.05, 4.69) is 9.97 Å². The summed E-state index contributed by atoms with van der Waals surface area (Å²) in [4.78, 5) is 8.96. The van der Waals surface area contributed by atoms with Crippen molar-refractivity contribution in [2.75, 3.05) is 0 Å². The third kappa shape index (κ3) is 4.79. The fraction of sp³-hybridized carbons (Fsp3) is 0.200. The van der Waals surface area contributed by atoms with Gasteiger partial charge in [-0.25, -0.2) is 9.37 Å². The highest BCUT2D eigenvalue weighted by molar-refractivity contribution is 7.98. The minimum absolute atomic E-state index is 0.210. The van der Waals surface area contributed by atoms with Gasteiger partial charge in [0.25, 0.3) is 0 Å². The van der Waals surface area contributed by atoms with Crippen LogP contribution in [-0.2, 0) is 12.2 Å². The molecule has 3 rings (SSSR count). The van der Waals surface area contributed by atoms with Crippen molar-refractivity contribution in [1.29, 1.82) is 0 Å². The molecule has 0 saturated carbocycles. The summed E-state index contributed by atoms with van der Waals surface area (Å²) in [5, 5.41) is 0.588. The minimum Gasteiger partial charge on any atom is -0.439 e. The van der Waals surface area contributed by atoms with Crippen LogP contribution in [0.5, 0.6) is 11.6 Å². The van der Waals surface area contributed by atoms with Gasteiger partial charge in [-0.15, -0.1) is 0 Å². The van der Waals surface area contributed by atoms with Gasteiger partial charge in [0.1, 0.15) is 11.6 Å². The Labute approximate surface area is 151 Å². The molecule has 0 fully saturated rings. The minimum atomic E-state index is -0.210. The second-order valence-corrected chi connectivity index (χ2v) is 6.57. The van der Waals surface area contributed by atoms with Gasteiger partial charge in [-0.1, -0.05) is 49.0 Å². The van der Waals surface area contributed by atoms with E-state index in [0.29, 0.717) is 22.4 Å². The highest BCUT2D eigenvalue weighted by Gasteiger charge is 2.09. The van der Waals surface area contributed by atoms with E-state index < -0.39 is 0 Å². The number of halogens is 1. The molecule has 0 unspecified atom stereocenters. The van der Waals surface area contributed by atoms with Crippen molar-refractivity contribution in [3.8, 4) is 11.6 Å². The van der Waals surface area contributed by atoms with Crippen molar-refractivity contribution in [2.24, 2.45) is 0 Å². The molecule has 0 aliphatic carbocycles. The van der Waals surface area contributed by atoms with Crippen LogP contribution in [0.4, 0.5) is 4.39 Å². The van der Waals surface area contributed by atoms with Gasteiger partial charge in [0.2, 0.25) is 5.88 Å². The lowest BCUT2D eigenvalue weighted by atomic mass is 10.2. The number of hydrogen-bond acceptors (Lipinski definition) is 4. The summed E-state index contributed by atoms with van der Waals surface area (Å²) in [6.45, 7) is 4.05. The van der Waals surface area contributed by atoms with Crippen LogP contribution in [0.15, 0.2) is 59.8 Å². The molecule has 0 atom stereocenters. The number of thioether (sulfide) groups is 1. The van der Waals surface area contributed by atoms with Crippen LogP contribution in [0, 0.1) is 12.7 Å². The Hall–Kier alpha value is -2.40. The van der Waals surface area contributed by atoms with Crippen molar-refractivity contribution in [3.63, 3.8) is 0 Å². The number of ether oxygens (including phenoxy) is 1. The summed E-state index contributed by atoms with van der Waals surface area (Å²) in [6.07, 6.45) is 0.778. The number of rotatable bonds is 6. The first-order valence-corrected chi connectivity index (χ1v) is 9.11. The molecule has 1 aromatic heterocycles. The molecule has 2 aromatic carbocycles. The van der Waals surface area contributed by atoms with Crippen molar-refractivity contribution < 1.29 is 9.13 Å². The average molecular weight is 354 g/mol. The Morgan fingerprint density at radius 3 is 2.64 bits per heavy atom. The molecule has 0 bridgehead atoms. The van der Waals surface area contributed by atoms with E-state index in [1.54, 1.807) is 12.1 Å². The lowest BCUT2D eigenvalue weighted by Gasteiger charge is -2.09. The molecule has 1 heterocycles. The van der Waals surface area contributed by atoms with E-state index in [-0.39, 0.29) is 5.82 Å². The van der Waals surface area contributed by atoms with E-state index in [9.17, 15) is 4.39 Å². The second-order valence-electron chi connectivity index (χ2n) is 5.63. The van der Waals surface area contributed by atoms with Crippen molar-refractivity contribution in [3.05, 3.63) is 77.2 Å². The summed E-state index contributed by atoms with van der Waals surface area (Å²) in [5.74, 6) is 1.51. The van der Waals surface area contributed by atoms with Crippen molar-refractivity contribution >= 4 is 11.8 Å². The zero-order chi connectivity index (χ0) is 17.6. The zero-order valence-electron chi connectivity index (χ0n) is 14.2. The molecule has 25 heavy (non-hydrogen) atoms. The maximum atomic E-state index is 13.8. The van der Waals surface area contributed by atoms with Gasteiger partial charge in [-0.05, 0) is 42.7 Å². The standard InChI is InChI=1S/C20H19FN2OS/c1-3-16-12-19(24-17-9-6-7-14(2)11-17)23-20(22-16)25-13-15-8-4-5-10-18(15)21/h4-12H,3,13H2,1-2H3. The van der Waals surface area contributed by atoms with Gasteiger partial charge >= 0.3 is 0 Å². The molecule has 0 saturated heterocycles. The zero-order valence-corrected chi connectivity index (χ0v) is 15.0. The number of nitrogens with zero attached hydrogens (tertiary/aromatic N) is 2. The number of hydrogen-bond donors (Lipinski definition) is 0. The van der Waals surface area contributed by atoms with Crippen LogP contribution in [-0.4, -0.2) is 9.97 Å². The van der Waals surface area contributed by atoms with Gasteiger partial charge in [0.15, 0.2) is 5.16 Å². The maximum Gasteiger partial charge on any atom is 0.223 e. The Bertz CT molecular complexity index is 870. The molecule has 3 nitrogen and oxygen atoms in total. The Balaban J connectivity index is 1.79. The molecule has 0 spiro atoms. The summed E-state index contributed by atoms with van der Waals surface area (Å²) in [6, 6.07) is 16.4. The van der Waals surface area contributed by atoms with Gasteiger partial charge in [0, 0.05) is 17.5 Å². The number of aryl methyl sites for hydroxylation is 2. The SMILES string of the molecule is CCc1cc(Oc2cccc(C)c2)nc(SCc2ccccc2F)n1. The summed E-state index contributed by atoms with van der Waals surface area (Å²) >= 11 is 1.40. The van der Waals surface area contributed by atoms with Crippen LogP contribution in [0.25, 0.3) is 0 Å². The van der Waals surface area contributed by atoms with Crippen LogP contribution >= 0.6 is 11.8 Å². The summed E-state index contributed by atoms with van der Waals surface area (Å²) < 4.78 is 19.6. The highest BCUT2D eigenvalue weighted by Crippen LogP contribution is 2.26. The molecule has 5 heteroatoms. The first kappa shape index (κ1) is 17.4. The van der Waals surface area contributed by atoms with Crippen molar-refractivity contribution in [1.82, 2.24) is 9.97 Å². The third-order valence-electron chi connectivity index (χ3n) is 3.62. The summed E-state index contributed by atoms with van der Waals surface area (Å²) in [5.41, 5.74) is 2.66. The molecule has 0 radical (unpaired) electrons. The fourth-order valence-corrected chi connectivity index (χ4v) is 3.16. The predicted molar refractivity (Wildman–Crippen MR) is 98.6 cm³/mol. The Morgan fingerprint density at radius 2 is 1.88 bits per heavy atom. The van der Waals surface area contributed by atoms with E-state index in [0.717, 1.165) is 23.4 Å². The quantitative estimate of drug-likeness (QED) is 0.428. The fourth-order valence-electron chi connectivity index (χ4n) is 2.30. The molecule has 0 aliphatic rings.